The van der Waals surface area contributed by atoms with Crippen molar-refractivity contribution in [3.63, 3.8) is 0 Å². The molecule has 0 unspecified atom stereocenters. The highest BCUT2D eigenvalue weighted by atomic mass is 16.4. The normalized spacial score (nSPS) is 10.5. The fourth-order valence-electron chi connectivity index (χ4n) is 1.52. The maximum atomic E-state index is 5.61. The quantitative estimate of drug-likeness (QED) is 0.650. The molecule has 0 amide bonds. The van der Waals surface area contributed by atoms with Crippen LogP contribution in [0.5, 0.6) is 0 Å². The van der Waals surface area contributed by atoms with Crippen molar-refractivity contribution in [3.05, 3.63) is 54.9 Å². The third-order valence-electron chi connectivity index (χ3n) is 2.30. The average Bonchev–Trinajstić information content (AvgIpc) is 3.01. The molecule has 0 saturated carbocycles. The molecule has 0 aliphatic heterocycles. The van der Waals surface area contributed by atoms with Crippen LogP contribution in [-0.4, -0.2) is 4.98 Å². The fraction of sp³-hybridized carbons (Fsp3) is 0. The monoisotopic (exact) mass is 211 g/mol. The molecule has 0 radical (unpaired) electrons. The minimum absolute atomic E-state index is 0.504. The Morgan fingerprint density at radius 1 is 0.875 bits per heavy atom. The molecule has 0 atom stereocenters. The van der Waals surface area contributed by atoms with Gasteiger partial charge in [-0.25, -0.2) is 4.98 Å². The van der Waals surface area contributed by atoms with Crippen LogP contribution < -0.4 is 0 Å². The predicted octanol–water partition coefficient (Wildman–Crippen LogP) is 3.60. The summed E-state index contributed by atoms with van der Waals surface area (Å²) in [4.78, 5) is 4.17. The van der Waals surface area contributed by atoms with E-state index in [9.17, 15) is 0 Å². The van der Waals surface area contributed by atoms with Gasteiger partial charge in [0.1, 0.15) is 0 Å². The average molecular weight is 211 g/mol. The van der Waals surface area contributed by atoms with E-state index in [4.69, 9.17) is 8.83 Å². The van der Waals surface area contributed by atoms with Gasteiger partial charge in [0.05, 0.1) is 12.5 Å². The number of hydrogen-bond acceptors (Lipinski definition) is 3. The Hall–Kier alpha value is -2.29. The first-order valence-corrected chi connectivity index (χ1v) is 4.98. The van der Waals surface area contributed by atoms with Crippen LogP contribution in [0.3, 0.4) is 0 Å². The molecular formula is C13H9NO2. The van der Waals surface area contributed by atoms with Crippen molar-refractivity contribution in [2.75, 3.05) is 0 Å². The van der Waals surface area contributed by atoms with Crippen molar-refractivity contribution in [1.29, 1.82) is 0 Å². The van der Waals surface area contributed by atoms with Crippen LogP contribution >= 0.6 is 0 Å². The second-order valence-corrected chi connectivity index (χ2v) is 3.37. The lowest BCUT2D eigenvalue weighted by Crippen LogP contribution is -1.70. The fourth-order valence-corrected chi connectivity index (χ4v) is 1.52. The van der Waals surface area contributed by atoms with E-state index in [0.29, 0.717) is 11.7 Å². The van der Waals surface area contributed by atoms with E-state index in [2.05, 4.69) is 4.98 Å². The Morgan fingerprint density at radius 2 is 1.75 bits per heavy atom. The molecule has 0 aliphatic rings. The number of hydrogen-bond donors (Lipinski definition) is 0. The molecule has 0 N–H and O–H groups in total. The van der Waals surface area contributed by atoms with Crippen molar-refractivity contribution >= 4 is 0 Å². The molecule has 3 rings (SSSR count). The minimum atomic E-state index is 0.504. The van der Waals surface area contributed by atoms with Crippen molar-refractivity contribution in [3.8, 4) is 23.0 Å². The van der Waals surface area contributed by atoms with E-state index < -0.39 is 0 Å². The highest BCUT2D eigenvalue weighted by Crippen LogP contribution is 2.25. The van der Waals surface area contributed by atoms with Crippen LogP contribution in [0.1, 0.15) is 0 Å². The SMILES string of the molecule is c1ccc(-c2cnc(-c3ccco3)o2)cc1. The van der Waals surface area contributed by atoms with Crippen molar-refractivity contribution in [1.82, 2.24) is 4.98 Å². The van der Waals surface area contributed by atoms with Crippen molar-refractivity contribution in [2.45, 2.75) is 0 Å². The summed E-state index contributed by atoms with van der Waals surface area (Å²) >= 11 is 0. The number of furan rings is 1. The molecule has 0 bridgehead atoms. The van der Waals surface area contributed by atoms with Crippen LogP contribution in [0.15, 0.2) is 63.8 Å². The molecule has 0 saturated heterocycles. The Labute approximate surface area is 92.4 Å². The molecule has 3 heteroatoms. The number of aromatic nitrogens is 1. The first-order valence-electron chi connectivity index (χ1n) is 4.98. The zero-order valence-corrected chi connectivity index (χ0v) is 8.46. The van der Waals surface area contributed by atoms with Crippen LogP contribution in [0.2, 0.25) is 0 Å². The second-order valence-electron chi connectivity index (χ2n) is 3.37. The predicted molar refractivity (Wildman–Crippen MR) is 59.6 cm³/mol. The van der Waals surface area contributed by atoms with E-state index in [1.807, 2.05) is 42.5 Å². The topological polar surface area (TPSA) is 39.2 Å². The van der Waals surface area contributed by atoms with Crippen molar-refractivity contribution < 1.29 is 8.83 Å². The van der Waals surface area contributed by atoms with Crippen LogP contribution in [0.25, 0.3) is 23.0 Å². The molecule has 0 spiro atoms. The number of rotatable bonds is 2. The van der Waals surface area contributed by atoms with Gasteiger partial charge in [-0.05, 0) is 12.1 Å². The summed E-state index contributed by atoms with van der Waals surface area (Å²) in [5, 5.41) is 0. The van der Waals surface area contributed by atoms with Gasteiger partial charge in [0.2, 0.25) is 0 Å². The van der Waals surface area contributed by atoms with Gasteiger partial charge >= 0.3 is 0 Å². The van der Waals surface area contributed by atoms with Crippen LogP contribution in [0, 0.1) is 0 Å². The standard InChI is InChI=1S/C13H9NO2/c1-2-5-10(6-3-1)12-9-14-13(16-12)11-7-4-8-15-11/h1-9H. The molecule has 0 fully saturated rings. The van der Waals surface area contributed by atoms with Gasteiger partial charge in [0.15, 0.2) is 11.5 Å². The molecule has 0 aliphatic carbocycles. The highest BCUT2D eigenvalue weighted by molar-refractivity contribution is 5.58. The van der Waals surface area contributed by atoms with E-state index in [1.54, 1.807) is 12.5 Å². The molecule has 78 valence electrons. The van der Waals surface area contributed by atoms with Crippen LogP contribution in [0.4, 0.5) is 0 Å². The molecule has 3 aromatic rings. The van der Waals surface area contributed by atoms with Gasteiger partial charge in [-0.15, -0.1) is 0 Å². The zero-order valence-electron chi connectivity index (χ0n) is 8.46. The summed E-state index contributed by atoms with van der Waals surface area (Å²) in [5.41, 5.74) is 1.01. The molecule has 3 nitrogen and oxygen atoms in total. The van der Waals surface area contributed by atoms with Gasteiger partial charge in [-0.1, -0.05) is 30.3 Å². The Balaban J connectivity index is 2.00. The van der Waals surface area contributed by atoms with Gasteiger partial charge in [0.25, 0.3) is 5.89 Å². The summed E-state index contributed by atoms with van der Waals surface area (Å²) in [6.07, 6.45) is 3.30. The summed E-state index contributed by atoms with van der Waals surface area (Å²) in [5.74, 6) is 1.89. The zero-order chi connectivity index (χ0) is 10.8. The summed E-state index contributed by atoms with van der Waals surface area (Å²) < 4.78 is 10.8. The van der Waals surface area contributed by atoms with Gasteiger partial charge < -0.3 is 8.83 Å². The van der Waals surface area contributed by atoms with Gasteiger partial charge in [0, 0.05) is 5.56 Å². The second kappa shape index (κ2) is 3.70. The third-order valence-corrected chi connectivity index (χ3v) is 2.30. The molecule has 1 aromatic carbocycles. The van der Waals surface area contributed by atoms with E-state index in [0.717, 1.165) is 11.3 Å². The lowest BCUT2D eigenvalue weighted by atomic mass is 10.2. The van der Waals surface area contributed by atoms with Crippen LogP contribution in [-0.2, 0) is 0 Å². The highest BCUT2D eigenvalue weighted by Gasteiger charge is 2.09. The van der Waals surface area contributed by atoms with E-state index in [1.165, 1.54) is 0 Å². The van der Waals surface area contributed by atoms with E-state index in [-0.39, 0.29) is 0 Å². The number of nitrogens with zero attached hydrogens (tertiary/aromatic N) is 1. The van der Waals surface area contributed by atoms with Gasteiger partial charge in [-0.2, -0.15) is 0 Å². The van der Waals surface area contributed by atoms with E-state index >= 15 is 0 Å². The summed E-state index contributed by atoms with van der Waals surface area (Å²) in [6, 6.07) is 13.5. The first kappa shape index (κ1) is 8.97. The third kappa shape index (κ3) is 1.52. The largest absolute Gasteiger partial charge is 0.459 e. The minimum Gasteiger partial charge on any atom is -0.459 e. The van der Waals surface area contributed by atoms with Gasteiger partial charge in [-0.3, -0.25) is 0 Å². The lowest BCUT2D eigenvalue weighted by molar-refractivity contribution is 0.524. The maximum Gasteiger partial charge on any atom is 0.263 e. The Bertz CT molecular complexity index is 567. The molecular weight excluding hydrogens is 202 g/mol. The number of benzene rings is 1. The summed E-state index contributed by atoms with van der Waals surface area (Å²) in [6.45, 7) is 0. The molecule has 16 heavy (non-hydrogen) atoms. The van der Waals surface area contributed by atoms with Crippen molar-refractivity contribution in [2.24, 2.45) is 0 Å². The molecule has 2 heterocycles. The smallest absolute Gasteiger partial charge is 0.263 e. The Kier molecular flexibility index (Phi) is 2.07. The lowest BCUT2D eigenvalue weighted by Gasteiger charge is -1.93. The maximum absolute atomic E-state index is 5.61. The summed E-state index contributed by atoms with van der Waals surface area (Å²) in [7, 11) is 0. The first-order chi connectivity index (χ1) is 7.93. The molecule has 2 aromatic heterocycles. The Morgan fingerprint density at radius 3 is 2.50 bits per heavy atom. The number of oxazole rings is 1.